The number of hydrogen-bond acceptors (Lipinski definition) is 4. The van der Waals surface area contributed by atoms with Gasteiger partial charge in [-0.25, -0.2) is 13.6 Å². The van der Waals surface area contributed by atoms with E-state index in [4.69, 9.17) is 9.47 Å². The van der Waals surface area contributed by atoms with Crippen molar-refractivity contribution in [2.24, 2.45) is 0 Å². The van der Waals surface area contributed by atoms with E-state index in [2.05, 4.69) is 5.32 Å². The van der Waals surface area contributed by atoms with Crippen LogP contribution in [0.25, 0.3) is 5.69 Å². The number of amides is 1. The predicted octanol–water partition coefficient (Wildman–Crippen LogP) is 3.95. The molecule has 2 heterocycles. The van der Waals surface area contributed by atoms with Crippen molar-refractivity contribution < 1.29 is 33.0 Å². The SMILES string of the molecule is COc1ccc(C2CC(=O)Nc3c(C(=O)O)cn(-c4cc(F)cc(F)c4)c32)c(OC)c1. The number of nitrogens with one attached hydrogen (secondary N) is 1. The molecule has 9 heteroatoms. The van der Waals surface area contributed by atoms with E-state index in [9.17, 15) is 23.5 Å². The molecular formula is C22H18F2N2O5. The van der Waals surface area contributed by atoms with Crippen LogP contribution < -0.4 is 14.8 Å². The van der Waals surface area contributed by atoms with Crippen LogP contribution in [0, 0.1) is 11.6 Å². The molecule has 31 heavy (non-hydrogen) atoms. The van der Waals surface area contributed by atoms with Crippen LogP contribution in [-0.4, -0.2) is 35.8 Å². The highest BCUT2D eigenvalue weighted by atomic mass is 19.1. The molecule has 3 aromatic rings. The maximum absolute atomic E-state index is 13.9. The number of ether oxygens (including phenoxy) is 2. The molecule has 0 radical (unpaired) electrons. The second-order valence-electron chi connectivity index (χ2n) is 7.02. The van der Waals surface area contributed by atoms with Gasteiger partial charge in [0.1, 0.15) is 28.7 Å². The lowest BCUT2D eigenvalue weighted by molar-refractivity contribution is -0.116. The molecule has 0 aliphatic carbocycles. The number of halogens is 2. The van der Waals surface area contributed by atoms with Crippen molar-refractivity contribution in [1.82, 2.24) is 4.57 Å². The predicted molar refractivity (Wildman–Crippen MR) is 107 cm³/mol. The summed E-state index contributed by atoms with van der Waals surface area (Å²) in [5.41, 5.74) is 0.967. The van der Waals surface area contributed by atoms with Crippen LogP contribution in [0.2, 0.25) is 0 Å². The third kappa shape index (κ3) is 3.58. The van der Waals surface area contributed by atoms with Crippen molar-refractivity contribution in [3.05, 3.63) is 71.1 Å². The number of hydrogen-bond donors (Lipinski definition) is 2. The van der Waals surface area contributed by atoms with E-state index in [-0.39, 0.29) is 29.3 Å². The second kappa shape index (κ2) is 7.75. The molecule has 4 rings (SSSR count). The maximum Gasteiger partial charge on any atom is 0.339 e. The first-order valence-corrected chi connectivity index (χ1v) is 9.29. The van der Waals surface area contributed by atoms with Gasteiger partial charge in [0.2, 0.25) is 5.91 Å². The van der Waals surface area contributed by atoms with Gasteiger partial charge in [0.05, 0.1) is 31.3 Å². The number of carbonyl (C=O) groups is 2. The number of methoxy groups -OCH3 is 2. The van der Waals surface area contributed by atoms with Crippen molar-refractivity contribution in [1.29, 1.82) is 0 Å². The van der Waals surface area contributed by atoms with E-state index >= 15 is 0 Å². The minimum Gasteiger partial charge on any atom is -0.497 e. The summed E-state index contributed by atoms with van der Waals surface area (Å²) in [6, 6.07) is 7.96. The van der Waals surface area contributed by atoms with Crippen molar-refractivity contribution in [2.75, 3.05) is 19.5 Å². The van der Waals surface area contributed by atoms with Crippen LogP contribution in [0.15, 0.2) is 42.6 Å². The lowest BCUT2D eigenvalue weighted by Crippen LogP contribution is -2.25. The average molecular weight is 428 g/mol. The van der Waals surface area contributed by atoms with Crippen LogP contribution in [0.3, 0.4) is 0 Å². The Labute approximate surface area is 175 Å². The first-order chi connectivity index (χ1) is 14.8. The number of rotatable bonds is 5. The zero-order valence-corrected chi connectivity index (χ0v) is 16.6. The van der Waals surface area contributed by atoms with Crippen molar-refractivity contribution in [3.63, 3.8) is 0 Å². The second-order valence-corrected chi connectivity index (χ2v) is 7.02. The molecule has 160 valence electrons. The van der Waals surface area contributed by atoms with E-state index in [1.54, 1.807) is 18.2 Å². The van der Waals surface area contributed by atoms with Gasteiger partial charge in [-0.05, 0) is 18.2 Å². The molecule has 2 aromatic carbocycles. The number of carboxylic acids is 1. The van der Waals surface area contributed by atoms with Gasteiger partial charge in [0.25, 0.3) is 0 Å². The zero-order chi connectivity index (χ0) is 22.3. The Morgan fingerprint density at radius 2 is 1.84 bits per heavy atom. The summed E-state index contributed by atoms with van der Waals surface area (Å²) in [5.74, 6) is -2.96. The first kappa shape index (κ1) is 20.4. The third-order valence-corrected chi connectivity index (χ3v) is 5.20. The number of aromatic carboxylic acids is 1. The molecule has 0 fully saturated rings. The highest BCUT2D eigenvalue weighted by molar-refractivity contribution is 6.04. The molecular weight excluding hydrogens is 410 g/mol. The maximum atomic E-state index is 13.9. The fourth-order valence-electron chi connectivity index (χ4n) is 3.89. The Bertz CT molecular complexity index is 1180. The van der Waals surface area contributed by atoms with Gasteiger partial charge in [-0.3, -0.25) is 4.79 Å². The summed E-state index contributed by atoms with van der Waals surface area (Å²) in [6.45, 7) is 0. The topological polar surface area (TPSA) is 89.8 Å². The molecule has 1 atom stereocenters. The third-order valence-electron chi connectivity index (χ3n) is 5.20. The molecule has 0 saturated heterocycles. The molecule has 1 unspecified atom stereocenters. The summed E-state index contributed by atoms with van der Waals surface area (Å²) in [5, 5.41) is 12.3. The largest absolute Gasteiger partial charge is 0.497 e. The molecule has 0 saturated carbocycles. The molecule has 2 N–H and O–H groups in total. The summed E-state index contributed by atoms with van der Waals surface area (Å²) in [6.07, 6.45) is 1.23. The Morgan fingerprint density at radius 1 is 1.13 bits per heavy atom. The van der Waals surface area contributed by atoms with Gasteiger partial charge < -0.3 is 24.5 Å². The fourth-order valence-corrected chi connectivity index (χ4v) is 3.89. The van der Waals surface area contributed by atoms with Gasteiger partial charge in [0, 0.05) is 36.2 Å². The number of aromatic nitrogens is 1. The summed E-state index contributed by atoms with van der Waals surface area (Å²) < 4.78 is 39.9. The van der Waals surface area contributed by atoms with Gasteiger partial charge >= 0.3 is 5.97 Å². The smallest absolute Gasteiger partial charge is 0.339 e. The van der Waals surface area contributed by atoms with Crippen molar-refractivity contribution in [2.45, 2.75) is 12.3 Å². The number of carbonyl (C=O) groups excluding carboxylic acids is 1. The van der Waals surface area contributed by atoms with Gasteiger partial charge in [-0.15, -0.1) is 0 Å². The average Bonchev–Trinajstić information content (AvgIpc) is 3.11. The molecule has 0 spiro atoms. The number of benzene rings is 2. The monoisotopic (exact) mass is 428 g/mol. The van der Waals surface area contributed by atoms with Gasteiger partial charge in [-0.1, -0.05) is 6.07 Å². The van der Waals surface area contributed by atoms with Crippen LogP contribution in [0.5, 0.6) is 11.5 Å². The van der Waals surface area contributed by atoms with Crippen LogP contribution in [0.4, 0.5) is 14.5 Å². The van der Waals surface area contributed by atoms with E-state index in [1.807, 2.05) is 0 Å². The Morgan fingerprint density at radius 3 is 2.45 bits per heavy atom. The fraction of sp³-hybridized carbons (Fsp3) is 0.182. The summed E-state index contributed by atoms with van der Waals surface area (Å²) in [4.78, 5) is 24.3. The van der Waals surface area contributed by atoms with Crippen LogP contribution in [-0.2, 0) is 4.79 Å². The van der Waals surface area contributed by atoms with Crippen LogP contribution in [0.1, 0.15) is 34.0 Å². The van der Waals surface area contributed by atoms with Gasteiger partial charge in [-0.2, -0.15) is 0 Å². The normalized spacial score (nSPS) is 15.2. The quantitative estimate of drug-likeness (QED) is 0.643. The number of nitrogens with zero attached hydrogens (tertiary/aromatic N) is 1. The molecule has 1 aliphatic rings. The van der Waals surface area contributed by atoms with Crippen LogP contribution >= 0.6 is 0 Å². The summed E-state index contributed by atoms with van der Waals surface area (Å²) in [7, 11) is 2.97. The Kier molecular flexibility index (Phi) is 5.10. The van der Waals surface area contributed by atoms with Gasteiger partial charge in [0.15, 0.2) is 0 Å². The van der Waals surface area contributed by atoms with E-state index < -0.39 is 23.5 Å². The molecule has 7 nitrogen and oxygen atoms in total. The standard InChI is InChI=1S/C22H18F2N2O5/c1-30-14-3-4-15(18(8-14)31-2)16-9-19(27)25-20-17(22(28)29)10-26(21(16)20)13-6-11(23)5-12(24)7-13/h3-8,10,16H,9H2,1-2H3,(H,25,27)(H,28,29). The molecule has 1 amide bonds. The molecule has 1 aromatic heterocycles. The lowest BCUT2D eigenvalue weighted by Gasteiger charge is -2.27. The Balaban J connectivity index is 2.00. The lowest BCUT2D eigenvalue weighted by atomic mass is 9.87. The number of anilines is 1. The zero-order valence-electron chi connectivity index (χ0n) is 16.6. The highest BCUT2D eigenvalue weighted by Gasteiger charge is 2.36. The minimum atomic E-state index is -1.28. The first-order valence-electron chi connectivity index (χ1n) is 9.29. The number of fused-ring (bicyclic) bond motifs is 1. The Hall–Kier alpha value is -3.88. The summed E-state index contributed by atoms with van der Waals surface area (Å²) >= 11 is 0. The molecule has 1 aliphatic heterocycles. The van der Waals surface area contributed by atoms with Crippen molar-refractivity contribution >= 4 is 17.6 Å². The highest BCUT2D eigenvalue weighted by Crippen LogP contribution is 2.45. The minimum absolute atomic E-state index is 0.0173. The molecule has 0 bridgehead atoms. The van der Waals surface area contributed by atoms with E-state index in [0.29, 0.717) is 22.8 Å². The van der Waals surface area contributed by atoms with E-state index in [1.165, 1.54) is 25.0 Å². The van der Waals surface area contributed by atoms with E-state index in [0.717, 1.165) is 18.2 Å². The van der Waals surface area contributed by atoms with Crippen molar-refractivity contribution in [3.8, 4) is 17.2 Å². The number of carboxylic acid groups (broad SMARTS) is 1.